The fourth-order valence-corrected chi connectivity index (χ4v) is 3.29. The van der Waals surface area contributed by atoms with Crippen LogP contribution in [-0.4, -0.2) is 34.5 Å². The van der Waals surface area contributed by atoms with E-state index in [-0.39, 0.29) is 6.04 Å². The van der Waals surface area contributed by atoms with Crippen LogP contribution in [0, 0.1) is 0 Å². The van der Waals surface area contributed by atoms with Crippen LogP contribution in [0.3, 0.4) is 0 Å². The molecule has 1 aromatic carbocycles. The van der Waals surface area contributed by atoms with Gasteiger partial charge in [-0.25, -0.2) is 9.97 Å². The zero-order valence-corrected chi connectivity index (χ0v) is 16.7. The molecule has 0 spiro atoms. The SMILES string of the molecule is CC(C)n1cnc2c(NCc3nc4ccccc4[nH]3)nc(Nc3ccncc3)nc21. The number of imidazole rings is 2. The number of aromatic amines is 1. The van der Waals surface area contributed by atoms with Crippen molar-refractivity contribution in [2.75, 3.05) is 10.6 Å². The van der Waals surface area contributed by atoms with Crippen LogP contribution in [0.4, 0.5) is 17.5 Å². The van der Waals surface area contributed by atoms with Crippen molar-refractivity contribution in [3.63, 3.8) is 0 Å². The third-order valence-corrected chi connectivity index (χ3v) is 4.78. The first-order valence-electron chi connectivity index (χ1n) is 9.76. The third-order valence-electron chi connectivity index (χ3n) is 4.78. The molecule has 5 rings (SSSR count). The first kappa shape index (κ1) is 18.0. The second kappa shape index (κ2) is 7.43. The number of aromatic nitrogens is 7. The fourth-order valence-electron chi connectivity index (χ4n) is 3.29. The predicted molar refractivity (Wildman–Crippen MR) is 117 cm³/mol. The normalized spacial score (nSPS) is 11.4. The number of anilines is 3. The molecule has 4 heterocycles. The lowest BCUT2D eigenvalue weighted by atomic mass is 10.3. The van der Waals surface area contributed by atoms with Crippen molar-refractivity contribution in [1.82, 2.24) is 34.5 Å². The number of hydrogen-bond acceptors (Lipinski definition) is 7. The molecular weight excluding hydrogens is 378 g/mol. The van der Waals surface area contributed by atoms with Crippen LogP contribution in [0.25, 0.3) is 22.2 Å². The Morgan fingerprint density at radius 3 is 2.67 bits per heavy atom. The smallest absolute Gasteiger partial charge is 0.231 e. The van der Waals surface area contributed by atoms with E-state index in [1.165, 1.54) is 0 Å². The lowest BCUT2D eigenvalue weighted by Gasteiger charge is -2.11. The highest BCUT2D eigenvalue weighted by Crippen LogP contribution is 2.25. The molecule has 30 heavy (non-hydrogen) atoms. The number of rotatable bonds is 6. The molecule has 5 aromatic rings. The Bertz CT molecular complexity index is 1270. The molecule has 0 bridgehead atoms. The molecule has 0 radical (unpaired) electrons. The van der Waals surface area contributed by atoms with Gasteiger partial charge in [0.2, 0.25) is 5.95 Å². The largest absolute Gasteiger partial charge is 0.361 e. The zero-order valence-electron chi connectivity index (χ0n) is 16.7. The highest BCUT2D eigenvalue weighted by Gasteiger charge is 2.15. The van der Waals surface area contributed by atoms with Crippen LogP contribution in [0.15, 0.2) is 55.1 Å². The summed E-state index contributed by atoms with van der Waals surface area (Å²) in [4.78, 5) is 25.9. The maximum absolute atomic E-state index is 4.70. The third kappa shape index (κ3) is 3.41. The summed E-state index contributed by atoms with van der Waals surface area (Å²) in [5.41, 5.74) is 4.30. The number of benzene rings is 1. The zero-order chi connectivity index (χ0) is 20.5. The molecule has 0 unspecified atom stereocenters. The van der Waals surface area contributed by atoms with Crippen LogP contribution in [0.1, 0.15) is 25.7 Å². The molecule has 0 fully saturated rings. The molecule has 4 aromatic heterocycles. The van der Waals surface area contributed by atoms with Gasteiger partial charge in [-0.3, -0.25) is 4.98 Å². The summed E-state index contributed by atoms with van der Waals surface area (Å²) in [7, 11) is 0. The van der Waals surface area contributed by atoms with E-state index in [1.807, 2.05) is 41.0 Å². The van der Waals surface area contributed by atoms with Crippen molar-refractivity contribution >= 4 is 39.7 Å². The standard InChI is InChI=1S/C21H21N9/c1-13(2)30-12-24-18-19(23-11-17-26-15-5-3-4-6-16(15)27-17)28-21(29-20(18)30)25-14-7-9-22-10-8-14/h3-10,12-13H,11H2,1-2H3,(H,26,27)(H2,22,23,25,28,29). The average molecular weight is 399 g/mol. The summed E-state index contributed by atoms with van der Waals surface area (Å²) in [6.45, 7) is 4.69. The van der Waals surface area contributed by atoms with Crippen LogP contribution < -0.4 is 10.6 Å². The highest BCUT2D eigenvalue weighted by atomic mass is 15.2. The van der Waals surface area contributed by atoms with Gasteiger partial charge in [0.1, 0.15) is 5.82 Å². The lowest BCUT2D eigenvalue weighted by molar-refractivity contribution is 0.613. The van der Waals surface area contributed by atoms with E-state index < -0.39 is 0 Å². The minimum atomic E-state index is 0.224. The van der Waals surface area contributed by atoms with Gasteiger partial charge in [-0.05, 0) is 38.1 Å². The molecule has 0 aliphatic carbocycles. The number of H-pyrrole nitrogens is 1. The van der Waals surface area contributed by atoms with Gasteiger partial charge in [0.15, 0.2) is 17.0 Å². The second-order valence-electron chi connectivity index (χ2n) is 7.23. The summed E-state index contributed by atoms with van der Waals surface area (Å²) < 4.78 is 2.03. The van der Waals surface area contributed by atoms with Gasteiger partial charge in [-0.2, -0.15) is 9.97 Å². The Labute approximate surface area is 172 Å². The van der Waals surface area contributed by atoms with Crippen molar-refractivity contribution in [2.24, 2.45) is 0 Å². The van der Waals surface area contributed by atoms with Gasteiger partial charge in [0.25, 0.3) is 0 Å². The van der Waals surface area contributed by atoms with Crippen molar-refractivity contribution in [1.29, 1.82) is 0 Å². The predicted octanol–water partition coefficient (Wildman–Crippen LogP) is 4.03. The molecule has 9 nitrogen and oxygen atoms in total. The molecule has 3 N–H and O–H groups in total. The number of nitrogens with one attached hydrogen (secondary N) is 3. The Balaban J connectivity index is 1.50. The van der Waals surface area contributed by atoms with Gasteiger partial charge < -0.3 is 20.2 Å². The van der Waals surface area contributed by atoms with Gasteiger partial charge in [-0.1, -0.05) is 12.1 Å². The van der Waals surface area contributed by atoms with Crippen LogP contribution in [-0.2, 0) is 6.54 Å². The van der Waals surface area contributed by atoms with Gasteiger partial charge in [-0.15, -0.1) is 0 Å². The van der Waals surface area contributed by atoms with E-state index in [1.54, 1.807) is 18.7 Å². The van der Waals surface area contributed by atoms with E-state index in [0.29, 0.717) is 18.3 Å². The number of nitrogens with zero attached hydrogens (tertiary/aromatic N) is 6. The van der Waals surface area contributed by atoms with E-state index in [0.717, 1.165) is 33.7 Å². The van der Waals surface area contributed by atoms with Crippen molar-refractivity contribution in [3.8, 4) is 0 Å². The van der Waals surface area contributed by atoms with E-state index in [4.69, 9.17) is 4.98 Å². The van der Waals surface area contributed by atoms with E-state index >= 15 is 0 Å². The lowest BCUT2D eigenvalue weighted by Crippen LogP contribution is -2.08. The van der Waals surface area contributed by atoms with E-state index in [9.17, 15) is 0 Å². The van der Waals surface area contributed by atoms with Gasteiger partial charge >= 0.3 is 0 Å². The quantitative estimate of drug-likeness (QED) is 0.395. The average Bonchev–Trinajstić information content (AvgIpc) is 3.36. The van der Waals surface area contributed by atoms with Crippen LogP contribution >= 0.6 is 0 Å². The van der Waals surface area contributed by atoms with Crippen LogP contribution in [0.5, 0.6) is 0 Å². The minimum Gasteiger partial charge on any atom is -0.361 e. The summed E-state index contributed by atoms with van der Waals surface area (Å²) in [5, 5.41) is 6.62. The summed E-state index contributed by atoms with van der Waals surface area (Å²) in [5.74, 6) is 1.97. The topological polar surface area (TPSA) is 109 Å². The van der Waals surface area contributed by atoms with E-state index in [2.05, 4.69) is 49.4 Å². The number of pyridine rings is 1. The first-order valence-corrected chi connectivity index (χ1v) is 9.76. The number of para-hydroxylation sites is 2. The molecule has 0 saturated heterocycles. The second-order valence-corrected chi connectivity index (χ2v) is 7.23. The number of hydrogen-bond donors (Lipinski definition) is 3. The molecule has 150 valence electrons. The van der Waals surface area contributed by atoms with Gasteiger partial charge in [0, 0.05) is 24.1 Å². The monoisotopic (exact) mass is 399 g/mol. The fraction of sp³-hybridized carbons (Fsp3) is 0.190. The van der Waals surface area contributed by atoms with Crippen molar-refractivity contribution in [2.45, 2.75) is 26.4 Å². The van der Waals surface area contributed by atoms with Gasteiger partial charge in [0.05, 0.1) is 23.9 Å². The highest BCUT2D eigenvalue weighted by molar-refractivity contribution is 5.85. The summed E-state index contributed by atoms with van der Waals surface area (Å²) in [6.07, 6.45) is 5.24. The Morgan fingerprint density at radius 1 is 1.03 bits per heavy atom. The molecule has 0 amide bonds. The maximum Gasteiger partial charge on any atom is 0.231 e. The minimum absolute atomic E-state index is 0.224. The first-order chi connectivity index (χ1) is 14.7. The maximum atomic E-state index is 4.70. The molecule has 0 aliphatic rings. The molecular formula is C21H21N9. The molecule has 0 aliphatic heterocycles. The molecule has 0 atom stereocenters. The summed E-state index contributed by atoms with van der Waals surface area (Å²) >= 11 is 0. The summed E-state index contributed by atoms with van der Waals surface area (Å²) in [6, 6.07) is 11.9. The van der Waals surface area contributed by atoms with Crippen LogP contribution in [0.2, 0.25) is 0 Å². The Kier molecular flexibility index (Phi) is 4.47. The number of fused-ring (bicyclic) bond motifs is 2. The molecule has 0 saturated carbocycles. The Hall–Kier alpha value is -4.01. The Morgan fingerprint density at radius 2 is 1.87 bits per heavy atom. The molecule has 9 heteroatoms. The van der Waals surface area contributed by atoms with Crippen molar-refractivity contribution < 1.29 is 0 Å². The van der Waals surface area contributed by atoms with Crippen molar-refractivity contribution in [3.05, 3.63) is 60.9 Å².